The summed E-state index contributed by atoms with van der Waals surface area (Å²) in [5.41, 5.74) is 2.20. The molecule has 1 N–H and O–H groups in total. The number of ether oxygens (including phenoxy) is 3. The van der Waals surface area contributed by atoms with Gasteiger partial charge in [-0.05, 0) is 72.7 Å². The first-order chi connectivity index (χ1) is 17.0. The van der Waals surface area contributed by atoms with Crippen molar-refractivity contribution in [3.05, 3.63) is 101 Å². The van der Waals surface area contributed by atoms with Crippen LogP contribution in [0.3, 0.4) is 0 Å². The summed E-state index contributed by atoms with van der Waals surface area (Å²) in [6.45, 7) is 6.73. The molecule has 0 radical (unpaired) electrons. The van der Waals surface area contributed by atoms with Crippen LogP contribution in [-0.2, 0) is 11.4 Å². The molecule has 0 unspecified atom stereocenters. The van der Waals surface area contributed by atoms with Crippen LogP contribution in [0.5, 0.6) is 17.2 Å². The standard InChI is InChI=1S/C28H25BrN2O4/c1-3-15-34-26-14-7-21(17-27(26)33-4-2)16-22(18-30)28(32)31-24-10-12-25(13-11-24)35-19-20-5-8-23(29)9-6-20/h3,5-14,16-17H,1,4,15,19H2,2H3,(H,31,32)/b22-16+. The van der Waals surface area contributed by atoms with Gasteiger partial charge in [-0.15, -0.1) is 0 Å². The number of hydrogen-bond donors (Lipinski definition) is 1. The molecule has 7 heteroatoms. The normalized spacial score (nSPS) is 10.7. The molecule has 0 bridgehead atoms. The average molecular weight is 533 g/mol. The van der Waals surface area contributed by atoms with Gasteiger partial charge in [0.2, 0.25) is 0 Å². The van der Waals surface area contributed by atoms with Crippen molar-refractivity contribution in [2.45, 2.75) is 13.5 Å². The molecule has 0 atom stereocenters. The van der Waals surface area contributed by atoms with Gasteiger partial charge in [0.1, 0.15) is 30.6 Å². The minimum absolute atomic E-state index is 0.0391. The number of carbonyl (C=O) groups excluding carboxylic acids is 1. The monoisotopic (exact) mass is 532 g/mol. The Morgan fingerprint density at radius 2 is 1.77 bits per heavy atom. The molecule has 0 aliphatic heterocycles. The second-order valence-electron chi connectivity index (χ2n) is 7.30. The second kappa shape index (κ2) is 13.0. The fourth-order valence-corrected chi connectivity index (χ4v) is 3.31. The number of carbonyl (C=O) groups is 1. The number of hydrogen-bond acceptors (Lipinski definition) is 5. The maximum absolute atomic E-state index is 12.7. The number of benzene rings is 3. The van der Waals surface area contributed by atoms with Gasteiger partial charge >= 0.3 is 0 Å². The highest BCUT2D eigenvalue weighted by Crippen LogP contribution is 2.29. The summed E-state index contributed by atoms with van der Waals surface area (Å²) in [7, 11) is 0. The molecule has 1 amide bonds. The number of anilines is 1. The van der Waals surface area contributed by atoms with Crippen LogP contribution in [0.2, 0.25) is 0 Å². The third-order valence-electron chi connectivity index (χ3n) is 4.73. The maximum atomic E-state index is 12.7. The summed E-state index contributed by atoms with van der Waals surface area (Å²) < 4.78 is 18.0. The molecule has 0 spiro atoms. The molecule has 178 valence electrons. The van der Waals surface area contributed by atoms with Crippen molar-refractivity contribution < 1.29 is 19.0 Å². The zero-order chi connectivity index (χ0) is 25.0. The average Bonchev–Trinajstić information content (AvgIpc) is 2.87. The number of amides is 1. The van der Waals surface area contributed by atoms with E-state index in [2.05, 4.69) is 27.8 Å². The van der Waals surface area contributed by atoms with E-state index < -0.39 is 5.91 Å². The zero-order valence-electron chi connectivity index (χ0n) is 19.3. The first kappa shape index (κ1) is 25.6. The van der Waals surface area contributed by atoms with Gasteiger partial charge in [-0.2, -0.15) is 5.26 Å². The van der Waals surface area contributed by atoms with Crippen LogP contribution in [0.25, 0.3) is 6.08 Å². The third-order valence-corrected chi connectivity index (χ3v) is 5.26. The van der Waals surface area contributed by atoms with Gasteiger partial charge in [-0.1, -0.05) is 46.8 Å². The van der Waals surface area contributed by atoms with E-state index in [1.165, 1.54) is 6.08 Å². The van der Waals surface area contributed by atoms with E-state index in [0.717, 1.165) is 10.0 Å². The largest absolute Gasteiger partial charge is 0.490 e. The van der Waals surface area contributed by atoms with Crippen molar-refractivity contribution in [3.63, 3.8) is 0 Å². The van der Waals surface area contributed by atoms with E-state index in [4.69, 9.17) is 14.2 Å². The van der Waals surface area contributed by atoms with E-state index in [0.29, 0.717) is 48.3 Å². The second-order valence-corrected chi connectivity index (χ2v) is 8.22. The fourth-order valence-electron chi connectivity index (χ4n) is 3.05. The van der Waals surface area contributed by atoms with Gasteiger partial charge in [0.05, 0.1) is 6.61 Å². The lowest BCUT2D eigenvalue weighted by atomic mass is 10.1. The van der Waals surface area contributed by atoms with Crippen molar-refractivity contribution in [1.82, 2.24) is 0 Å². The molecule has 3 aromatic rings. The van der Waals surface area contributed by atoms with E-state index in [9.17, 15) is 10.1 Å². The summed E-state index contributed by atoms with van der Waals surface area (Å²) in [4.78, 5) is 12.7. The van der Waals surface area contributed by atoms with Crippen molar-refractivity contribution in [3.8, 4) is 23.3 Å². The van der Waals surface area contributed by atoms with Crippen molar-refractivity contribution >= 4 is 33.6 Å². The highest BCUT2D eigenvalue weighted by molar-refractivity contribution is 9.10. The first-order valence-electron chi connectivity index (χ1n) is 10.9. The van der Waals surface area contributed by atoms with Gasteiger partial charge in [-0.3, -0.25) is 4.79 Å². The van der Waals surface area contributed by atoms with E-state index in [1.54, 1.807) is 48.5 Å². The van der Waals surface area contributed by atoms with Crippen molar-refractivity contribution in [1.29, 1.82) is 5.26 Å². The number of nitrogens with one attached hydrogen (secondary N) is 1. The third kappa shape index (κ3) is 7.76. The summed E-state index contributed by atoms with van der Waals surface area (Å²) in [6.07, 6.45) is 3.15. The van der Waals surface area contributed by atoms with Gasteiger partial charge < -0.3 is 19.5 Å². The Hall–Kier alpha value is -4.02. The van der Waals surface area contributed by atoms with E-state index in [1.807, 2.05) is 37.3 Å². The van der Waals surface area contributed by atoms with Crippen LogP contribution in [0.4, 0.5) is 5.69 Å². The number of rotatable bonds is 11. The molecule has 35 heavy (non-hydrogen) atoms. The summed E-state index contributed by atoms with van der Waals surface area (Å²) in [6, 6.07) is 22.0. The molecular weight excluding hydrogens is 508 g/mol. The highest BCUT2D eigenvalue weighted by atomic mass is 79.9. The Kier molecular flexibility index (Phi) is 9.52. The van der Waals surface area contributed by atoms with Crippen LogP contribution in [-0.4, -0.2) is 19.1 Å². The topological polar surface area (TPSA) is 80.6 Å². The van der Waals surface area contributed by atoms with Gasteiger partial charge in [-0.25, -0.2) is 0 Å². The lowest BCUT2D eigenvalue weighted by molar-refractivity contribution is -0.112. The summed E-state index contributed by atoms with van der Waals surface area (Å²) >= 11 is 3.41. The van der Waals surface area contributed by atoms with Crippen molar-refractivity contribution in [2.24, 2.45) is 0 Å². The smallest absolute Gasteiger partial charge is 0.266 e. The molecule has 3 rings (SSSR count). The quantitative estimate of drug-likeness (QED) is 0.172. The van der Waals surface area contributed by atoms with Gasteiger partial charge in [0.25, 0.3) is 5.91 Å². The van der Waals surface area contributed by atoms with Crippen LogP contribution in [0.15, 0.2) is 89.4 Å². The van der Waals surface area contributed by atoms with Crippen LogP contribution >= 0.6 is 15.9 Å². The Bertz CT molecular complexity index is 1230. The SMILES string of the molecule is C=CCOc1ccc(/C=C(\C#N)C(=O)Nc2ccc(OCc3ccc(Br)cc3)cc2)cc1OCC. The van der Waals surface area contributed by atoms with Gasteiger partial charge in [0, 0.05) is 10.2 Å². The zero-order valence-corrected chi connectivity index (χ0v) is 20.9. The van der Waals surface area contributed by atoms with Gasteiger partial charge in [0.15, 0.2) is 11.5 Å². The molecule has 6 nitrogen and oxygen atoms in total. The van der Waals surface area contributed by atoms with Crippen LogP contribution < -0.4 is 19.5 Å². The predicted molar refractivity (Wildman–Crippen MR) is 140 cm³/mol. The Morgan fingerprint density at radius 1 is 1.03 bits per heavy atom. The molecule has 0 aliphatic rings. The molecule has 0 fully saturated rings. The lowest BCUT2D eigenvalue weighted by Gasteiger charge is -2.11. The molecule has 0 saturated carbocycles. The lowest BCUT2D eigenvalue weighted by Crippen LogP contribution is -2.13. The Labute approximate surface area is 213 Å². The molecule has 0 aliphatic carbocycles. The minimum Gasteiger partial charge on any atom is -0.490 e. The summed E-state index contributed by atoms with van der Waals surface area (Å²) in [5.74, 6) is 1.25. The Balaban J connectivity index is 1.65. The molecule has 0 heterocycles. The summed E-state index contributed by atoms with van der Waals surface area (Å²) in [5, 5.41) is 12.3. The fraction of sp³-hybridized carbons (Fsp3) is 0.143. The number of halogens is 1. The number of nitrogens with zero attached hydrogens (tertiary/aromatic N) is 1. The number of nitriles is 1. The van der Waals surface area contributed by atoms with E-state index >= 15 is 0 Å². The van der Waals surface area contributed by atoms with Crippen LogP contribution in [0, 0.1) is 11.3 Å². The minimum atomic E-state index is -0.513. The maximum Gasteiger partial charge on any atom is 0.266 e. The Morgan fingerprint density at radius 3 is 2.43 bits per heavy atom. The molecule has 0 aromatic heterocycles. The van der Waals surface area contributed by atoms with Crippen LogP contribution in [0.1, 0.15) is 18.1 Å². The predicted octanol–water partition coefficient (Wildman–Crippen LogP) is 6.54. The molecule has 0 saturated heterocycles. The molecule has 3 aromatic carbocycles. The van der Waals surface area contributed by atoms with E-state index in [-0.39, 0.29) is 5.57 Å². The highest BCUT2D eigenvalue weighted by Gasteiger charge is 2.12. The van der Waals surface area contributed by atoms with Crippen molar-refractivity contribution in [2.75, 3.05) is 18.5 Å². The first-order valence-corrected chi connectivity index (χ1v) is 11.7. The molecular formula is C28H25BrN2O4.